The Kier molecular flexibility index (Phi) is 5.16. The first-order valence-electron chi connectivity index (χ1n) is 7.48. The molecule has 4 nitrogen and oxygen atoms in total. The molecule has 0 saturated heterocycles. The van der Waals surface area contributed by atoms with Crippen LogP contribution in [0.2, 0.25) is 0 Å². The third-order valence-electron chi connectivity index (χ3n) is 3.72. The van der Waals surface area contributed by atoms with Gasteiger partial charge < -0.3 is 10.1 Å². The van der Waals surface area contributed by atoms with Crippen molar-refractivity contribution in [2.75, 3.05) is 7.11 Å². The number of aryl methyl sites for hydroxylation is 2. The summed E-state index contributed by atoms with van der Waals surface area (Å²) in [6.45, 7) is 5.73. The Morgan fingerprint density at radius 3 is 2.22 bits per heavy atom. The molecule has 0 saturated carbocycles. The predicted molar refractivity (Wildman–Crippen MR) is 89.8 cm³/mol. The molecule has 1 amide bonds. The zero-order chi connectivity index (χ0) is 17.0. The van der Waals surface area contributed by atoms with Crippen LogP contribution in [0, 0.1) is 13.8 Å². The number of hydrogen-bond acceptors (Lipinski definition) is 3. The second-order valence-corrected chi connectivity index (χ2v) is 5.64. The summed E-state index contributed by atoms with van der Waals surface area (Å²) in [5.74, 6) is -0.473. The standard InChI is InChI=1S/C19H21NO3/c1-12-5-8-15(9-6-12)18(21)19(22)20-14(3)16-11-13(2)7-10-17(16)23-4/h5-11,14H,1-4H3,(H,20,22). The van der Waals surface area contributed by atoms with Crippen molar-refractivity contribution in [3.8, 4) is 5.75 Å². The van der Waals surface area contributed by atoms with E-state index in [1.54, 1.807) is 19.2 Å². The number of hydrogen-bond donors (Lipinski definition) is 1. The van der Waals surface area contributed by atoms with E-state index in [1.165, 1.54) is 0 Å². The lowest BCUT2D eigenvalue weighted by Gasteiger charge is -2.17. The number of ketones is 1. The molecular formula is C19H21NO3. The topological polar surface area (TPSA) is 55.4 Å². The molecule has 0 fully saturated rings. The normalized spacial score (nSPS) is 11.7. The summed E-state index contributed by atoms with van der Waals surface area (Å²) in [7, 11) is 1.58. The third-order valence-corrected chi connectivity index (χ3v) is 3.72. The van der Waals surface area contributed by atoms with Crippen LogP contribution in [0.5, 0.6) is 5.75 Å². The SMILES string of the molecule is COc1ccc(C)cc1C(C)NC(=O)C(=O)c1ccc(C)cc1. The first-order valence-corrected chi connectivity index (χ1v) is 7.48. The van der Waals surface area contributed by atoms with Crippen LogP contribution in [-0.2, 0) is 4.79 Å². The third kappa shape index (κ3) is 3.97. The van der Waals surface area contributed by atoms with Gasteiger partial charge in [0.2, 0.25) is 5.78 Å². The molecule has 0 bridgehead atoms. The minimum absolute atomic E-state index is 0.327. The van der Waals surface area contributed by atoms with Crippen LogP contribution in [0.4, 0.5) is 0 Å². The first kappa shape index (κ1) is 16.7. The van der Waals surface area contributed by atoms with Crippen molar-refractivity contribution in [1.82, 2.24) is 5.32 Å². The molecule has 2 rings (SSSR count). The lowest BCUT2D eigenvalue weighted by Crippen LogP contribution is -2.33. The lowest BCUT2D eigenvalue weighted by molar-refractivity contribution is -0.117. The summed E-state index contributed by atoms with van der Waals surface area (Å²) >= 11 is 0. The molecule has 0 aliphatic carbocycles. The van der Waals surface area contributed by atoms with Crippen molar-refractivity contribution < 1.29 is 14.3 Å². The smallest absolute Gasteiger partial charge is 0.292 e. The van der Waals surface area contributed by atoms with E-state index in [2.05, 4.69) is 5.32 Å². The highest BCUT2D eigenvalue weighted by molar-refractivity contribution is 6.42. The number of rotatable bonds is 5. The molecule has 1 atom stereocenters. The fraction of sp³-hybridized carbons (Fsp3) is 0.263. The summed E-state index contributed by atoms with van der Waals surface area (Å²) < 4.78 is 5.33. The second kappa shape index (κ2) is 7.09. The van der Waals surface area contributed by atoms with E-state index in [1.807, 2.05) is 51.1 Å². The van der Waals surface area contributed by atoms with Gasteiger partial charge in [-0.2, -0.15) is 0 Å². The van der Waals surface area contributed by atoms with Gasteiger partial charge in [-0.05, 0) is 26.8 Å². The molecule has 1 unspecified atom stereocenters. The van der Waals surface area contributed by atoms with Crippen molar-refractivity contribution in [2.45, 2.75) is 26.8 Å². The Hall–Kier alpha value is -2.62. The zero-order valence-electron chi connectivity index (χ0n) is 13.8. The highest BCUT2D eigenvalue weighted by Gasteiger charge is 2.20. The van der Waals surface area contributed by atoms with Crippen LogP contribution in [0.1, 0.15) is 40.0 Å². The monoisotopic (exact) mass is 311 g/mol. The average Bonchev–Trinajstić information content (AvgIpc) is 2.54. The van der Waals surface area contributed by atoms with Gasteiger partial charge in [-0.15, -0.1) is 0 Å². The Labute approximate surface area is 136 Å². The van der Waals surface area contributed by atoms with E-state index >= 15 is 0 Å². The van der Waals surface area contributed by atoms with Crippen molar-refractivity contribution in [2.24, 2.45) is 0 Å². The second-order valence-electron chi connectivity index (χ2n) is 5.64. The molecule has 0 heterocycles. The van der Waals surface area contributed by atoms with E-state index in [-0.39, 0.29) is 6.04 Å². The molecule has 4 heteroatoms. The Bertz CT molecular complexity index is 720. The van der Waals surface area contributed by atoms with Gasteiger partial charge in [0.15, 0.2) is 0 Å². The summed E-state index contributed by atoms with van der Waals surface area (Å²) in [6.07, 6.45) is 0. The van der Waals surface area contributed by atoms with Crippen LogP contribution in [0.25, 0.3) is 0 Å². The summed E-state index contributed by atoms with van der Waals surface area (Å²) in [4.78, 5) is 24.4. The number of benzene rings is 2. The van der Waals surface area contributed by atoms with Crippen LogP contribution >= 0.6 is 0 Å². The molecule has 0 radical (unpaired) electrons. The predicted octanol–water partition coefficient (Wildman–Crippen LogP) is 3.37. The number of amides is 1. The Morgan fingerprint density at radius 2 is 1.61 bits per heavy atom. The largest absolute Gasteiger partial charge is 0.496 e. The van der Waals surface area contributed by atoms with Gasteiger partial charge in [0.25, 0.3) is 5.91 Å². The van der Waals surface area contributed by atoms with E-state index in [4.69, 9.17) is 4.74 Å². The molecule has 0 aliphatic heterocycles. The summed E-state index contributed by atoms with van der Waals surface area (Å²) in [6, 6.07) is 12.4. The molecule has 23 heavy (non-hydrogen) atoms. The number of methoxy groups -OCH3 is 1. The molecule has 2 aromatic rings. The van der Waals surface area contributed by atoms with Gasteiger partial charge in [0, 0.05) is 11.1 Å². The quantitative estimate of drug-likeness (QED) is 0.680. The molecule has 120 valence electrons. The average molecular weight is 311 g/mol. The van der Waals surface area contributed by atoms with Gasteiger partial charge in [-0.3, -0.25) is 9.59 Å². The highest BCUT2D eigenvalue weighted by atomic mass is 16.5. The maximum Gasteiger partial charge on any atom is 0.292 e. The first-order chi connectivity index (χ1) is 10.9. The molecule has 0 aromatic heterocycles. The van der Waals surface area contributed by atoms with Gasteiger partial charge in [-0.25, -0.2) is 0 Å². The van der Waals surface area contributed by atoms with Crippen molar-refractivity contribution in [3.63, 3.8) is 0 Å². The van der Waals surface area contributed by atoms with E-state index < -0.39 is 11.7 Å². The number of carbonyl (C=O) groups is 2. The van der Waals surface area contributed by atoms with Crippen LogP contribution in [0.15, 0.2) is 42.5 Å². The Balaban J connectivity index is 2.15. The zero-order valence-corrected chi connectivity index (χ0v) is 13.8. The van der Waals surface area contributed by atoms with E-state index in [9.17, 15) is 9.59 Å². The molecule has 2 aromatic carbocycles. The van der Waals surface area contributed by atoms with Gasteiger partial charge in [-0.1, -0.05) is 47.5 Å². The van der Waals surface area contributed by atoms with Gasteiger partial charge in [0.05, 0.1) is 13.2 Å². The minimum atomic E-state index is -0.620. The molecule has 0 aliphatic rings. The summed E-state index contributed by atoms with van der Waals surface area (Å²) in [5, 5.41) is 2.74. The van der Waals surface area contributed by atoms with Gasteiger partial charge >= 0.3 is 0 Å². The molecule has 1 N–H and O–H groups in total. The lowest BCUT2D eigenvalue weighted by atomic mass is 10.0. The number of Topliss-reactive ketones (excluding diaryl/α,β-unsaturated/α-hetero) is 1. The number of nitrogens with one attached hydrogen (secondary N) is 1. The van der Waals surface area contributed by atoms with Crippen molar-refractivity contribution in [1.29, 1.82) is 0 Å². The van der Waals surface area contributed by atoms with Crippen molar-refractivity contribution >= 4 is 11.7 Å². The number of ether oxygens (including phenoxy) is 1. The Morgan fingerprint density at radius 1 is 1.00 bits per heavy atom. The van der Waals surface area contributed by atoms with Crippen molar-refractivity contribution in [3.05, 3.63) is 64.7 Å². The van der Waals surface area contributed by atoms with Gasteiger partial charge in [0.1, 0.15) is 5.75 Å². The highest BCUT2D eigenvalue weighted by Crippen LogP contribution is 2.26. The minimum Gasteiger partial charge on any atom is -0.496 e. The fourth-order valence-electron chi connectivity index (χ4n) is 2.37. The van der Waals surface area contributed by atoms with Crippen LogP contribution < -0.4 is 10.1 Å². The number of carbonyl (C=O) groups excluding carboxylic acids is 2. The maximum atomic E-state index is 12.2. The van der Waals surface area contributed by atoms with Crippen LogP contribution in [0.3, 0.4) is 0 Å². The van der Waals surface area contributed by atoms with Crippen LogP contribution in [-0.4, -0.2) is 18.8 Å². The summed E-state index contributed by atoms with van der Waals surface area (Å²) in [5.41, 5.74) is 3.33. The van der Waals surface area contributed by atoms with E-state index in [0.717, 1.165) is 16.7 Å². The van der Waals surface area contributed by atoms with E-state index in [0.29, 0.717) is 11.3 Å². The molecule has 0 spiro atoms. The maximum absolute atomic E-state index is 12.2. The fourth-order valence-corrected chi connectivity index (χ4v) is 2.37. The molecular weight excluding hydrogens is 290 g/mol.